The molecule has 4 heteroatoms. The number of anilines is 1. The molecule has 1 fully saturated rings. The molecule has 0 spiro atoms. The van der Waals surface area contributed by atoms with Gasteiger partial charge in [0.05, 0.1) is 12.0 Å². The molecule has 1 saturated heterocycles. The van der Waals surface area contributed by atoms with Crippen molar-refractivity contribution in [2.75, 3.05) is 18.8 Å². The molecular formula is C9H10N2O2. The summed E-state index contributed by atoms with van der Waals surface area (Å²) in [4.78, 5) is 13.2. The number of furan rings is 1. The predicted molar refractivity (Wildman–Crippen MR) is 48.2 cm³/mol. The molecule has 0 aliphatic carbocycles. The lowest BCUT2D eigenvalue weighted by atomic mass is 10.1. The molecule has 1 aliphatic heterocycles. The summed E-state index contributed by atoms with van der Waals surface area (Å²) in [5.41, 5.74) is 6.97. The van der Waals surface area contributed by atoms with Gasteiger partial charge in [0.1, 0.15) is 0 Å². The van der Waals surface area contributed by atoms with Crippen molar-refractivity contribution in [1.82, 2.24) is 4.90 Å². The number of likely N-dealkylation sites (tertiary alicyclic amines) is 1. The maximum Gasteiger partial charge on any atom is 0.292 e. The topological polar surface area (TPSA) is 59.5 Å². The van der Waals surface area contributed by atoms with Crippen molar-refractivity contribution in [3.8, 4) is 0 Å². The second-order valence-corrected chi connectivity index (χ2v) is 3.12. The second kappa shape index (κ2) is 2.65. The molecular weight excluding hydrogens is 168 g/mol. The highest BCUT2D eigenvalue weighted by Gasteiger charge is 2.27. The fraction of sp³-hybridized carbons (Fsp3) is 0.222. The number of hydrogen-bond donors (Lipinski definition) is 1. The highest BCUT2D eigenvalue weighted by atomic mass is 16.3. The summed E-state index contributed by atoms with van der Waals surface area (Å²) in [7, 11) is 0. The van der Waals surface area contributed by atoms with E-state index in [-0.39, 0.29) is 11.7 Å². The zero-order chi connectivity index (χ0) is 9.42. The molecule has 0 saturated carbocycles. The van der Waals surface area contributed by atoms with Crippen molar-refractivity contribution in [3.63, 3.8) is 0 Å². The molecule has 4 nitrogen and oxygen atoms in total. The van der Waals surface area contributed by atoms with Crippen LogP contribution < -0.4 is 5.73 Å². The Hall–Kier alpha value is -1.71. The van der Waals surface area contributed by atoms with Crippen LogP contribution in [0.5, 0.6) is 0 Å². The maximum atomic E-state index is 11.6. The fourth-order valence-electron chi connectivity index (χ4n) is 1.27. The van der Waals surface area contributed by atoms with Gasteiger partial charge in [0.25, 0.3) is 5.91 Å². The summed E-state index contributed by atoms with van der Waals surface area (Å²) in [5.74, 6) is 0.0717. The van der Waals surface area contributed by atoms with Gasteiger partial charge in [0, 0.05) is 19.2 Å². The largest absolute Gasteiger partial charge is 0.457 e. The standard InChI is InChI=1S/C9H10N2O2/c1-6-4-11(5-6)9(12)8-7(10)2-3-13-8/h2-3H,1,4-5,10H2. The van der Waals surface area contributed by atoms with E-state index in [1.54, 1.807) is 11.0 Å². The molecule has 0 radical (unpaired) electrons. The summed E-state index contributed by atoms with van der Waals surface area (Å²) in [5, 5.41) is 0. The molecule has 1 amide bonds. The Morgan fingerprint density at radius 1 is 1.62 bits per heavy atom. The molecule has 1 aliphatic rings. The van der Waals surface area contributed by atoms with E-state index in [1.165, 1.54) is 6.26 Å². The molecule has 0 aromatic carbocycles. The lowest BCUT2D eigenvalue weighted by Gasteiger charge is -2.32. The minimum atomic E-state index is -0.157. The first kappa shape index (κ1) is 7.91. The van der Waals surface area contributed by atoms with Crippen LogP contribution in [0, 0.1) is 0 Å². The first-order valence-electron chi connectivity index (χ1n) is 3.97. The Morgan fingerprint density at radius 2 is 2.31 bits per heavy atom. The van der Waals surface area contributed by atoms with Crippen LogP contribution in [0.2, 0.25) is 0 Å². The molecule has 1 aromatic heterocycles. The Morgan fingerprint density at radius 3 is 2.77 bits per heavy atom. The van der Waals surface area contributed by atoms with E-state index in [4.69, 9.17) is 10.2 Å². The van der Waals surface area contributed by atoms with E-state index in [1.807, 2.05) is 0 Å². The van der Waals surface area contributed by atoms with Gasteiger partial charge in [-0.15, -0.1) is 0 Å². The number of carbonyl (C=O) groups is 1. The van der Waals surface area contributed by atoms with Gasteiger partial charge in [0.2, 0.25) is 5.76 Å². The molecule has 1 aromatic rings. The van der Waals surface area contributed by atoms with Gasteiger partial charge in [-0.25, -0.2) is 0 Å². The average Bonchev–Trinajstić information content (AvgIpc) is 2.44. The van der Waals surface area contributed by atoms with Crippen molar-refractivity contribution in [3.05, 3.63) is 30.2 Å². The third-order valence-electron chi connectivity index (χ3n) is 2.01. The molecule has 2 rings (SSSR count). The fourth-order valence-corrected chi connectivity index (χ4v) is 1.27. The number of hydrogen-bond acceptors (Lipinski definition) is 3. The molecule has 0 unspecified atom stereocenters. The number of carbonyl (C=O) groups excluding carboxylic acids is 1. The first-order valence-corrected chi connectivity index (χ1v) is 3.97. The Labute approximate surface area is 75.6 Å². The smallest absolute Gasteiger partial charge is 0.292 e. The summed E-state index contributed by atoms with van der Waals surface area (Å²) in [6, 6.07) is 1.57. The van der Waals surface area contributed by atoms with Gasteiger partial charge in [-0.2, -0.15) is 0 Å². The van der Waals surface area contributed by atoms with E-state index in [0.29, 0.717) is 18.8 Å². The zero-order valence-corrected chi connectivity index (χ0v) is 7.12. The number of nitrogens with two attached hydrogens (primary N) is 1. The lowest BCUT2D eigenvalue weighted by molar-refractivity contribution is 0.0697. The van der Waals surface area contributed by atoms with Crippen molar-refractivity contribution in [1.29, 1.82) is 0 Å². The second-order valence-electron chi connectivity index (χ2n) is 3.12. The maximum absolute atomic E-state index is 11.6. The first-order chi connectivity index (χ1) is 6.18. The van der Waals surface area contributed by atoms with Crippen molar-refractivity contribution >= 4 is 11.6 Å². The van der Waals surface area contributed by atoms with Crippen LogP contribution >= 0.6 is 0 Å². The van der Waals surface area contributed by atoms with E-state index in [9.17, 15) is 4.79 Å². The van der Waals surface area contributed by atoms with Gasteiger partial charge >= 0.3 is 0 Å². The van der Waals surface area contributed by atoms with E-state index in [0.717, 1.165) is 5.57 Å². The van der Waals surface area contributed by atoms with Crippen LogP contribution in [-0.2, 0) is 0 Å². The van der Waals surface area contributed by atoms with Crippen LogP contribution in [0.1, 0.15) is 10.6 Å². The van der Waals surface area contributed by atoms with Gasteiger partial charge in [0.15, 0.2) is 0 Å². The van der Waals surface area contributed by atoms with Crippen molar-refractivity contribution in [2.45, 2.75) is 0 Å². The summed E-state index contributed by atoms with van der Waals surface area (Å²) in [6.07, 6.45) is 1.41. The summed E-state index contributed by atoms with van der Waals surface area (Å²) in [6.45, 7) is 4.96. The van der Waals surface area contributed by atoms with Crippen LogP contribution in [0.25, 0.3) is 0 Å². The van der Waals surface area contributed by atoms with E-state index >= 15 is 0 Å². The lowest BCUT2D eigenvalue weighted by Crippen LogP contribution is -2.44. The minimum Gasteiger partial charge on any atom is -0.457 e. The van der Waals surface area contributed by atoms with Crippen LogP contribution in [0.3, 0.4) is 0 Å². The quantitative estimate of drug-likeness (QED) is 0.649. The zero-order valence-electron chi connectivity index (χ0n) is 7.12. The Balaban J connectivity index is 2.14. The van der Waals surface area contributed by atoms with Crippen molar-refractivity contribution in [2.24, 2.45) is 0 Å². The van der Waals surface area contributed by atoms with Gasteiger partial charge in [-0.1, -0.05) is 6.58 Å². The van der Waals surface area contributed by atoms with E-state index < -0.39 is 0 Å². The van der Waals surface area contributed by atoms with Crippen LogP contribution in [-0.4, -0.2) is 23.9 Å². The average molecular weight is 178 g/mol. The van der Waals surface area contributed by atoms with E-state index in [2.05, 4.69) is 6.58 Å². The molecule has 68 valence electrons. The number of rotatable bonds is 1. The number of nitrogen functional groups attached to an aromatic ring is 1. The molecule has 2 heterocycles. The monoisotopic (exact) mass is 178 g/mol. The number of amides is 1. The summed E-state index contributed by atoms with van der Waals surface area (Å²) < 4.78 is 4.97. The van der Waals surface area contributed by atoms with Gasteiger partial charge in [-0.3, -0.25) is 4.79 Å². The Bertz CT molecular complexity index is 359. The molecule has 2 N–H and O–H groups in total. The highest BCUT2D eigenvalue weighted by molar-refractivity contribution is 5.97. The van der Waals surface area contributed by atoms with Gasteiger partial charge < -0.3 is 15.1 Å². The minimum absolute atomic E-state index is 0.157. The predicted octanol–water partition coefficient (Wildman–Crippen LogP) is 0.874. The normalized spacial score (nSPS) is 15.7. The number of nitrogens with zero attached hydrogens (tertiary/aromatic N) is 1. The third kappa shape index (κ3) is 1.20. The van der Waals surface area contributed by atoms with Crippen LogP contribution in [0.4, 0.5) is 5.69 Å². The third-order valence-corrected chi connectivity index (χ3v) is 2.01. The highest BCUT2D eigenvalue weighted by Crippen LogP contribution is 2.20. The SMILES string of the molecule is C=C1CN(C(=O)c2occc2N)C1. The molecule has 13 heavy (non-hydrogen) atoms. The van der Waals surface area contributed by atoms with Crippen LogP contribution in [0.15, 0.2) is 28.9 Å². The summed E-state index contributed by atoms with van der Waals surface area (Å²) >= 11 is 0. The van der Waals surface area contributed by atoms with Gasteiger partial charge in [-0.05, 0) is 5.57 Å². The molecule has 0 bridgehead atoms. The Kier molecular flexibility index (Phi) is 1.62. The van der Waals surface area contributed by atoms with Crippen molar-refractivity contribution < 1.29 is 9.21 Å². The molecule has 0 atom stereocenters.